The highest BCUT2D eigenvalue weighted by atomic mass is 79.9. The fraction of sp³-hybridized carbons (Fsp3) is 0.167. The lowest BCUT2D eigenvalue weighted by Crippen LogP contribution is -2.02. The molecule has 0 radical (unpaired) electrons. The number of aromatic nitrogens is 2. The molecule has 2 rings (SSSR count). The van der Waals surface area contributed by atoms with Gasteiger partial charge in [0.05, 0.1) is 15.9 Å². The maximum atomic E-state index is 5.88. The Hall–Kier alpha value is -1.07. The molecule has 0 saturated heterocycles. The summed E-state index contributed by atoms with van der Waals surface area (Å²) in [4.78, 5) is 8.78. The topological polar surface area (TPSA) is 51.8 Å². The van der Waals surface area contributed by atoms with Crippen molar-refractivity contribution in [3.63, 3.8) is 0 Å². The molecule has 0 fully saturated rings. The second kappa shape index (κ2) is 5.51. The van der Waals surface area contributed by atoms with Crippen LogP contribution in [0.2, 0.25) is 0 Å². The van der Waals surface area contributed by atoms with E-state index in [1.54, 1.807) is 11.8 Å². The molecule has 0 atom stereocenters. The van der Waals surface area contributed by atoms with Gasteiger partial charge in [0, 0.05) is 5.56 Å². The highest BCUT2D eigenvalue weighted by molar-refractivity contribution is 9.10. The van der Waals surface area contributed by atoms with E-state index in [4.69, 9.17) is 5.73 Å². The monoisotopic (exact) mass is 309 g/mol. The Morgan fingerprint density at radius 1 is 1.24 bits per heavy atom. The fourth-order valence-electron chi connectivity index (χ4n) is 1.49. The van der Waals surface area contributed by atoms with Crippen LogP contribution in [0.25, 0.3) is 11.3 Å². The minimum absolute atomic E-state index is 0.489. The fourth-order valence-corrected chi connectivity index (χ4v) is 2.29. The Kier molecular flexibility index (Phi) is 4.02. The zero-order valence-electron chi connectivity index (χ0n) is 9.35. The minimum Gasteiger partial charge on any atom is -0.383 e. The van der Waals surface area contributed by atoms with E-state index in [-0.39, 0.29) is 0 Å². The lowest BCUT2D eigenvalue weighted by atomic mass is 10.1. The highest BCUT2D eigenvalue weighted by Crippen LogP contribution is 2.30. The van der Waals surface area contributed by atoms with Crippen LogP contribution in [0, 0.1) is 0 Å². The second-order valence-corrected chi connectivity index (χ2v) is 5.15. The van der Waals surface area contributed by atoms with Crippen molar-refractivity contribution in [3.05, 3.63) is 40.6 Å². The van der Waals surface area contributed by atoms with Crippen molar-refractivity contribution in [1.29, 1.82) is 0 Å². The summed E-state index contributed by atoms with van der Waals surface area (Å²) < 4.78 is 0.758. The van der Waals surface area contributed by atoms with E-state index in [1.165, 1.54) is 0 Å². The summed E-state index contributed by atoms with van der Waals surface area (Å²) in [5.74, 6) is 2.01. The molecule has 1 aromatic heterocycles. The molecule has 88 valence electrons. The van der Waals surface area contributed by atoms with Gasteiger partial charge >= 0.3 is 0 Å². The van der Waals surface area contributed by atoms with Crippen LogP contribution in [0.1, 0.15) is 5.82 Å². The third-order valence-electron chi connectivity index (χ3n) is 2.24. The van der Waals surface area contributed by atoms with E-state index in [1.807, 2.05) is 36.6 Å². The van der Waals surface area contributed by atoms with Gasteiger partial charge in [-0.2, -0.15) is 11.8 Å². The first kappa shape index (κ1) is 12.4. The van der Waals surface area contributed by atoms with Crippen LogP contribution in [0.4, 0.5) is 5.82 Å². The quantitative estimate of drug-likeness (QED) is 0.944. The number of hydrogen-bond donors (Lipinski definition) is 1. The summed E-state index contributed by atoms with van der Waals surface area (Å²) in [5, 5.41) is 0. The van der Waals surface area contributed by atoms with Gasteiger partial charge in [0.1, 0.15) is 11.6 Å². The van der Waals surface area contributed by atoms with E-state index in [9.17, 15) is 0 Å². The average Bonchev–Trinajstić information content (AvgIpc) is 2.35. The predicted octanol–water partition coefficient (Wildman–Crippen LogP) is 3.35. The summed E-state index contributed by atoms with van der Waals surface area (Å²) in [6, 6.07) is 9.96. The molecule has 2 N–H and O–H groups in total. The molecule has 1 aromatic carbocycles. The Labute approximate surface area is 113 Å². The van der Waals surface area contributed by atoms with Crippen LogP contribution in [0.3, 0.4) is 0 Å². The Balaban J connectivity index is 2.53. The van der Waals surface area contributed by atoms with Gasteiger partial charge in [0.2, 0.25) is 0 Å². The van der Waals surface area contributed by atoms with E-state index in [0.717, 1.165) is 27.3 Å². The zero-order chi connectivity index (χ0) is 12.3. The molecule has 0 aliphatic carbocycles. The second-order valence-electron chi connectivity index (χ2n) is 3.49. The molecule has 5 heteroatoms. The van der Waals surface area contributed by atoms with Crippen molar-refractivity contribution < 1.29 is 0 Å². The van der Waals surface area contributed by atoms with Gasteiger partial charge in [0.25, 0.3) is 0 Å². The molecule has 1 heterocycles. The summed E-state index contributed by atoms with van der Waals surface area (Å²) in [6.07, 6.45) is 2.02. The van der Waals surface area contributed by atoms with Crippen molar-refractivity contribution in [2.75, 3.05) is 12.0 Å². The molecular weight excluding hydrogens is 298 g/mol. The van der Waals surface area contributed by atoms with Gasteiger partial charge in [-0.1, -0.05) is 30.3 Å². The number of thioether (sulfide) groups is 1. The molecule has 0 aliphatic rings. The Bertz CT molecular complexity index is 517. The normalized spacial score (nSPS) is 10.5. The van der Waals surface area contributed by atoms with Gasteiger partial charge in [-0.3, -0.25) is 0 Å². The third kappa shape index (κ3) is 2.79. The highest BCUT2D eigenvalue weighted by Gasteiger charge is 2.11. The van der Waals surface area contributed by atoms with Crippen LogP contribution in [-0.2, 0) is 5.75 Å². The van der Waals surface area contributed by atoms with E-state index < -0.39 is 0 Å². The lowest BCUT2D eigenvalue weighted by molar-refractivity contribution is 1.04. The smallest absolute Gasteiger partial charge is 0.142 e. The van der Waals surface area contributed by atoms with E-state index in [2.05, 4.69) is 25.9 Å². The van der Waals surface area contributed by atoms with E-state index in [0.29, 0.717) is 5.82 Å². The third-order valence-corrected chi connectivity index (χ3v) is 3.57. The standard InChI is InChI=1S/C12H12BrN3S/c1-17-7-9-15-11(10(13)12(14)16-9)8-5-3-2-4-6-8/h2-6H,7H2,1H3,(H2,14,15,16). The van der Waals surface area contributed by atoms with Crippen LogP contribution < -0.4 is 5.73 Å². The average molecular weight is 310 g/mol. The molecule has 0 spiro atoms. The number of hydrogen-bond acceptors (Lipinski definition) is 4. The number of benzene rings is 1. The largest absolute Gasteiger partial charge is 0.383 e. The van der Waals surface area contributed by atoms with Gasteiger partial charge in [-0.25, -0.2) is 9.97 Å². The molecule has 0 saturated carbocycles. The minimum atomic E-state index is 0.489. The van der Waals surface area contributed by atoms with Gasteiger partial charge in [-0.15, -0.1) is 0 Å². The zero-order valence-corrected chi connectivity index (χ0v) is 11.8. The first-order chi connectivity index (χ1) is 8.22. The van der Waals surface area contributed by atoms with Crippen LogP contribution in [0.5, 0.6) is 0 Å². The molecular formula is C12H12BrN3S. The molecule has 2 aromatic rings. The maximum absolute atomic E-state index is 5.88. The Morgan fingerprint density at radius 2 is 1.94 bits per heavy atom. The number of nitrogens with zero attached hydrogens (tertiary/aromatic N) is 2. The number of rotatable bonds is 3. The summed E-state index contributed by atoms with van der Waals surface area (Å²) >= 11 is 5.12. The number of halogens is 1. The van der Waals surface area contributed by atoms with Crippen molar-refractivity contribution in [1.82, 2.24) is 9.97 Å². The molecule has 17 heavy (non-hydrogen) atoms. The van der Waals surface area contributed by atoms with E-state index >= 15 is 0 Å². The summed E-state index contributed by atoms with van der Waals surface area (Å²) in [7, 11) is 0. The van der Waals surface area contributed by atoms with Crippen LogP contribution >= 0.6 is 27.7 Å². The Morgan fingerprint density at radius 3 is 2.59 bits per heavy atom. The first-order valence-corrected chi connectivity index (χ1v) is 7.27. The molecule has 3 nitrogen and oxygen atoms in total. The number of nitrogens with two attached hydrogens (primary N) is 1. The van der Waals surface area contributed by atoms with Gasteiger partial charge in [0.15, 0.2) is 0 Å². The lowest BCUT2D eigenvalue weighted by Gasteiger charge is -2.08. The molecule has 0 unspecified atom stereocenters. The number of nitrogen functional groups attached to an aromatic ring is 1. The first-order valence-electron chi connectivity index (χ1n) is 5.08. The molecule has 0 amide bonds. The van der Waals surface area contributed by atoms with Crippen molar-refractivity contribution in [2.24, 2.45) is 0 Å². The van der Waals surface area contributed by atoms with Gasteiger partial charge < -0.3 is 5.73 Å². The predicted molar refractivity (Wildman–Crippen MR) is 76.8 cm³/mol. The van der Waals surface area contributed by atoms with Crippen molar-refractivity contribution >= 4 is 33.5 Å². The SMILES string of the molecule is CSCc1nc(N)c(Br)c(-c2ccccc2)n1. The van der Waals surface area contributed by atoms with Crippen molar-refractivity contribution in [3.8, 4) is 11.3 Å². The van der Waals surface area contributed by atoms with Gasteiger partial charge in [-0.05, 0) is 22.2 Å². The van der Waals surface area contributed by atoms with Crippen LogP contribution in [-0.4, -0.2) is 16.2 Å². The number of anilines is 1. The maximum Gasteiger partial charge on any atom is 0.142 e. The van der Waals surface area contributed by atoms with Crippen LogP contribution in [0.15, 0.2) is 34.8 Å². The summed E-state index contributed by atoms with van der Waals surface area (Å²) in [5.41, 5.74) is 7.77. The summed E-state index contributed by atoms with van der Waals surface area (Å²) in [6.45, 7) is 0. The van der Waals surface area contributed by atoms with Crippen molar-refractivity contribution in [2.45, 2.75) is 5.75 Å². The molecule has 0 aliphatic heterocycles. The molecule has 0 bridgehead atoms.